The molecule has 0 unspecified atom stereocenters. The third-order valence-corrected chi connectivity index (χ3v) is 3.08. The van der Waals surface area contributed by atoms with Gasteiger partial charge in [0.2, 0.25) is 5.91 Å². The van der Waals surface area contributed by atoms with E-state index in [1.54, 1.807) is 0 Å². The van der Waals surface area contributed by atoms with Crippen molar-refractivity contribution < 1.29 is 9.53 Å². The van der Waals surface area contributed by atoms with E-state index in [4.69, 9.17) is 4.74 Å². The van der Waals surface area contributed by atoms with Gasteiger partial charge in [0, 0.05) is 24.0 Å². The largest absolute Gasteiger partial charge is 0.369 e. The Hall–Kier alpha value is -1.55. The van der Waals surface area contributed by atoms with Gasteiger partial charge in [0.05, 0.1) is 5.60 Å². The monoisotopic (exact) mass is 292 g/mol. The van der Waals surface area contributed by atoms with Crippen molar-refractivity contribution in [2.24, 2.45) is 0 Å². The molecular weight excluding hydrogens is 264 g/mol. The van der Waals surface area contributed by atoms with Gasteiger partial charge < -0.3 is 15.0 Å². The molecule has 0 radical (unpaired) electrons. The number of ether oxygens (including phenoxy) is 1. The molecule has 21 heavy (non-hydrogen) atoms. The normalized spacial score (nSPS) is 11.6. The first-order valence-electron chi connectivity index (χ1n) is 7.53. The number of anilines is 2. The average molecular weight is 292 g/mol. The summed E-state index contributed by atoms with van der Waals surface area (Å²) in [4.78, 5) is 14.1. The summed E-state index contributed by atoms with van der Waals surface area (Å²) in [5.41, 5.74) is 1.65. The smallest absolute Gasteiger partial charge is 0.250 e. The van der Waals surface area contributed by atoms with E-state index < -0.39 is 0 Å². The van der Waals surface area contributed by atoms with Crippen LogP contribution < -0.4 is 10.2 Å². The Morgan fingerprint density at radius 3 is 2.24 bits per heavy atom. The summed E-state index contributed by atoms with van der Waals surface area (Å²) in [6.07, 6.45) is 0. The molecule has 4 nitrogen and oxygen atoms in total. The van der Waals surface area contributed by atoms with E-state index in [2.05, 4.69) is 31.0 Å². The van der Waals surface area contributed by atoms with Gasteiger partial charge in [-0.05, 0) is 65.8 Å². The van der Waals surface area contributed by atoms with Gasteiger partial charge in [-0.3, -0.25) is 4.79 Å². The van der Waals surface area contributed by atoms with Gasteiger partial charge in [0.1, 0.15) is 6.61 Å². The molecule has 0 aliphatic rings. The summed E-state index contributed by atoms with van der Waals surface area (Å²) >= 11 is 0. The molecule has 1 N–H and O–H groups in total. The minimum Gasteiger partial charge on any atom is -0.369 e. The summed E-state index contributed by atoms with van der Waals surface area (Å²) in [7, 11) is 0. The second kappa shape index (κ2) is 7.46. The summed E-state index contributed by atoms with van der Waals surface area (Å²) in [5, 5.41) is 2.85. The molecule has 0 heterocycles. The quantitative estimate of drug-likeness (QED) is 0.869. The molecule has 4 heteroatoms. The molecular formula is C17H28N2O2. The highest BCUT2D eigenvalue weighted by atomic mass is 16.5. The standard InChI is InChI=1S/C17H28N2O2/c1-7-19(13(2)3)15-10-8-14(9-11-15)18-16(20)12-21-17(4,5)6/h8-11,13H,7,12H2,1-6H3,(H,18,20). The Morgan fingerprint density at radius 1 is 1.24 bits per heavy atom. The Bertz CT molecular complexity index is 447. The molecule has 0 fully saturated rings. The van der Waals surface area contributed by atoms with Crippen LogP contribution in [0.25, 0.3) is 0 Å². The van der Waals surface area contributed by atoms with Crippen LogP contribution in [0.1, 0.15) is 41.5 Å². The number of nitrogens with one attached hydrogen (secondary N) is 1. The summed E-state index contributed by atoms with van der Waals surface area (Å²) in [6.45, 7) is 13.3. The zero-order chi connectivity index (χ0) is 16.0. The van der Waals surface area contributed by atoms with E-state index in [1.165, 1.54) is 0 Å². The van der Waals surface area contributed by atoms with Crippen molar-refractivity contribution in [1.29, 1.82) is 0 Å². The van der Waals surface area contributed by atoms with Crippen molar-refractivity contribution >= 4 is 17.3 Å². The number of hydrogen-bond donors (Lipinski definition) is 1. The molecule has 0 aliphatic carbocycles. The lowest BCUT2D eigenvalue weighted by atomic mass is 10.2. The highest BCUT2D eigenvalue weighted by Gasteiger charge is 2.13. The van der Waals surface area contributed by atoms with Crippen LogP contribution in [0.4, 0.5) is 11.4 Å². The zero-order valence-corrected chi connectivity index (χ0v) is 14.1. The van der Waals surface area contributed by atoms with Crippen molar-refractivity contribution in [2.75, 3.05) is 23.4 Å². The summed E-state index contributed by atoms with van der Waals surface area (Å²) in [5.74, 6) is -0.131. The molecule has 0 bridgehead atoms. The van der Waals surface area contributed by atoms with E-state index >= 15 is 0 Å². The molecule has 0 saturated heterocycles. The van der Waals surface area contributed by atoms with E-state index in [1.807, 2.05) is 45.0 Å². The third kappa shape index (κ3) is 6.17. The third-order valence-electron chi connectivity index (χ3n) is 3.08. The van der Waals surface area contributed by atoms with Crippen molar-refractivity contribution in [1.82, 2.24) is 0 Å². The fourth-order valence-electron chi connectivity index (χ4n) is 2.06. The minimum atomic E-state index is -0.305. The summed E-state index contributed by atoms with van der Waals surface area (Å²) in [6, 6.07) is 8.37. The maximum absolute atomic E-state index is 11.8. The van der Waals surface area contributed by atoms with Crippen molar-refractivity contribution in [3.05, 3.63) is 24.3 Å². The molecule has 1 aromatic carbocycles. The first kappa shape index (κ1) is 17.5. The van der Waals surface area contributed by atoms with Crippen LogP contribution in [0, 0.1) is 0 Å². The van der Waals surface area contributed by atoms with Gasteiger partial charge in [-0.1, -0.05) is 0 Å². The van der Waals surface area contributed by atoms with E-state index in [0.29, 0.717) is 6.04 Å². The fraction of sp³-hybridized carbons (Fsp3) is 0.588. The van der Waals surface area contributed by atoms with Gasteiger partial charge >= 0.3 is 0 Å². The predicted octanol–water partition coefficient (Wildman–Crippen LogP) is 3.67. The first-order valence-corrected chi connectivity index (χ1v) is 7.53. The highest BCUT2D eigenvalue weighted by Crippen LogP contribution is 2.20. The average Bonchev–Trinajstić information content (AvgIpc) is 2.38. The van der Waals surface area contributed by atoms with Crippen molar-refractivity contribution in [2.45, 2.75) is 53.2 Å². The molecule has 0 atom stereocenters. The molecule has 1 amide bonds. The van der Waals surface area contributed by atoms with Crippen LogP contribution in [0.15, 0.2) is 24.3 Å². The number of rotatable bonds is 6. The number of hydrogen-bond acceptors (Lipinski definition) is 3. The van der Waals surface area contributed by atoms with Crippen molar-refractivity contribution in [3.63, 3.8) is 0 Å². The number of benzene rings is 1. The highest BCUT2D eigenvalue weighted by molar-refractivity contribution is 5.91. The van der Waals surface area contributed by atoms with Gasteiger partial charge in [-0.15, -0.1) is 0 Å². The van der Waals surface area contributed by atoms with Crippen molar-refractivity contribution in [3.8, 4) is 0 Å². The van der Waals surface area contributed by atoms with E-state index in [9.17, 15) is 4.79 Å². The molecule has 0 saturated carbocycles. The lowest BCUT2D eigenvalue weighted by Crippen LogP contribution is -2.30. The number of carbonyl (C=O) groups excluding carboxylic acids is 1. The second-order valence-electron chi connectivity index (χ2n) is 6.38. The Morgan fingerprint density at radius 2 is 1.81 bits per heavy atom. The van der Waals surface area contributed by atoms with E-state index in [-0.39, 0.29) is 18.1 Å². The number of amides is 1. The minimum absolute atomic E-state index is 0.0678. The molecule has 0 aliphatic heterocycles. The fourth-order valence-corrected chi connectivity index (χ4v) is 2.06. The first-order chi connectivity index (χ1) is 9.73. The predicted molar refractivity (Wildman–Crippen MR) is 88.9 cm³/mol. The molecule has 0 spiro atoms. The molecule has 0 aromatic heterocycles. The second-order valence-corrected chi connectivity index (χ2v) is 6.38. The number of nitrogens with zero attached hydrogens (tertiary/aromatic N) is 1. The summed E-state index contributed by atoms with van der Waals surface area (Å²) < 4.78 is 5.45. The van der Waals surface area contributed by atoms with E-state index in [0.717, 1.165) is 17.9 Å². The SMILES string of the molecule is CCN(c1ccc(NC(=O)COC(C)(C)C)cc1)C(C)C. The van der Waals surface area contributed by atoms with Crippen LogP contribution >= 0.6 is 0 Å². The van der Waals surface area contributed by atoms with Gasteiger partial charge in [0.25, 0.3) is 0 Å². The Kier molecular flexibility index (Phi) is 6.21. The van der Waals surface area contributed by atoms with Crippen LogP contribution in [-0.2, 0) is 9.53 Å². The van der Waals surface area contributed by atoms with Crippen LogP contribution in [0.3, 0.4) is 0 Å². The number of carbonyl (C=O) groups is 1. The van der Waals surface area contributed by atoms with Gasteiger partial charge in [-0.25, -0.2) is 0 Å². The topological polar surface area (TPSA) is 41.6 Å². The lowest BCUT2D eigenvalue weighted by molar-refractivity contribution is -0.125. The molecule has 1 rings (SSSR count). The van der Waals surface area contributed by atoms with Gasteiger partial charge in [0.15, 0.2) is 0 Å². The molecule has 1 aromatic rings. The maximum Gasteiger partial charge on any atom is 0.250 e. The van der Waals surface area contributed by atoms with Gasteiger partial charge in [-0.2, -0.15) is 0 Å². The Labute approximate surface area is 128 Å². The molecule has 118 valence electrons. The van der Waals surface area contributed by atoms with Crippen LogP contribution in [-0.4, -0.2) is 30.7 Å². The van der Waals surface area contributed by atoms with Crippen LogP contribution in [0.2, 0.25) is 0 Å². The lowest BCUT2D eigenvalue weighted by Gasteiger charge is -2.27. The Balaban J connectivity index is 2.60. The van der Waals surface area contributed by atoms with Crippen LogP contribution in [0.5, 0.6) is 0 Å². The maximum atomic E-state index is 11.8. The zero-order valence-electron chi connectivity index (χ0n) is 14.1.